The lowest BCUT2D eigenvalue weighted by Gasteiger charge is -2.36. The van der Waals surface area contributed by atoms with Gasteiger partial charge in [0.25, 0.3) is 0 Å². The minimum Gasteiger partial charge on any atom is -0.397 e. The molecule has 11 heteroatoms. The normalized spacial score (nSPS) is 13.4. The smallest absolute Gasteiger partial charge is 0.397 e. The van der Waals surface area contributed by atoms with Crippen LogP contribution in [0.25, 0.3) is 0 Å². The Bertz CT molecular complexity index is 1440. The van der Waals surface area contributed by atoms with Crippen molar-refractivity contribution in [3.63, 3.8) is 0 Å². The summed E-state index contributed by atoms with van der Waals surface area (Å²) in [6.45, 7) is 0. The van der Waals surface area contributed by atoms with Gasteiger partial charge in [-0.15, -0.1) is 0 Å². The van der Waals surface area contributed by atoms with Crippen LogP contribution in [0.15, 0.2) is 97.2 Å². The molecule has 2 amide bonds. The molecule has 0 saturated carbocycles. The fraction of sp³-hybridized carbons (Fsp3) is 0.143. The maximum absolute atomic E-state index is 13.7. The van der Waals surface area contributed by atoms with Gasteiger partial charge in [0, 0.05) is 6.42 Å². The van der Waals surface area contributed by atoms with E-state index in [4.69, 9.17) is 5.73 Å². The molecule has 0 aliphatic rings. The van der Waals surface area contributed by atoms with Gasteiger partial charge in [0.1, 0.15) is 5.54 Å². The second-order valence-electron chi connectivity index (χ2n) is 8.75. The third kappa shape index (κ3) is 6.31. The second-order valence-corrected chi connectivity index (χ2v) is 8.75. The lowest BCUT2D eigenvalue weighted by Crippen LogP contribution is -2.51. The molecule has 0 aliphatic heterocycles. The summed E-state index contributed by atoms with van der Waals surface area (Å²) in [6, 6.07) is 19.1. The molecule has 5 nitrogen and oxygen atoms in total. The molecule has 0 fully saturated rings. The van der Waals surface area contributed by atoms with Gasteiger partial charge in [0.2, 0.25) is 0 Å². The number of carbonyl (C=O) groups excluding carboxylic acids is 1. The number of aromatic nitrogens is 1. The summed E-state index contributed by atoms with van der Waals surface area (Å²) in [5, 5.41) is 4.86. The maximum atomic E-state index is 13.7. The Morgan fingerprint density at radius 3 is 2.08 bits per heavy atom. The van der Waals surface area contributed by atoms with Gasteiger partial charge in [-0.2, -0.15) is 26.3 Å². The minimum atomic E-state index is -4.76. The van der Waals surface area contributed by atoms with Crippen LogP contribution in [0.5, 0.6) is 0 Å². The molecule has 4 N–H and O–H groups in total. The van der Waals surface area contributed by atoms with Crippen molar-refractivity contribution < 1.29 is 31.1 Å². The van der Waals surface area contributed by atoms with Gasteiger partial charge in [-0.1, -0.05) is 54.6 Å². The number of benzene rings is 3. The molecule has 39 heavy (non-hydrogen) atoms. The van der Waals surface area contributed by atoms with E-state index >= 15 is 0 Å². The summed E-state index contributed by atoms with van der Waals surface area (Å²) < 4.78 is 81.8. The molecule has 4 aromatic rings. The predicted octanol–water partition coefficient (Wildman–Crippen LogP) is 7.01. The lowest BCUT2D eigenvalue weighted by atomic mass is 9.80. The topological polar surface area (TPSA) is 80.0 Å². The number of nitrogens with two attached hydrogens (primary N) is 1. The standard InChI is InChI=1S/C28H22F6N4O/c29-27(30,31)20-10-6-9-19(15-20)26(16-18-7-2-1-3-8-18,24-14-13-21(35)17-36-24)38-25(39)37-23-12-5-4-11-22(23)28(32,33)34/h1-15,17H,16,35H2,(H2,37,38,39). The molecule has 1 atom stereocenters. The molecular weight excluding hydrogens is 522 g/mol. The first-order chi connectivity index (χ1) is 18.4. The van der Waals surface area contributed by atoms with Gasteiger partial charge in [0.15, 0.2) is 0 Å². The van der Waals surface area contributed by atoms with Crippen LogP contribution in [0.2, 0.25) is 0 Å². The molecule has 1 heterocycles. The monoisotopic (exact) mass is 544 g/mol. The van der Waals surface area contributed by atoms with Gasteiger partial charge in [-0.3, -0.25) is 4.98 Å². The van der Waals surface area contributed by atoms with Crippen LogP contribution in [0.4, 0.5) is 42.5 Å². The Balaban J connectivity index is 1.88. The zero-order valence-corrected chi connectivity index (χ0v) is 20.1. The second kappa shape index (κ2) is 10.7. The SMILES string of the molecule is Nc1ccc(C(Cc2ccccc2)(NC(=O)Nc2ccccc2C(F)(F)F)c2cccc(C(F)(F)F)c2)nc1. The summed E-state index contributed by atoms with van der Waals surface area (Å²) in [4.78, 5) is 17.6. The van der Waals surface area contributed by atoms with Crippen molar-refractivity contribution >= 4 is 17.4 Å². The van der Waals surface area contributed by atoms with Crippen LogP contribution in [-0.2, 0) is 24.3 Å². The predicted molar refractivity (Wildman–Crippen MR) is 135 cm³/mol. The first-order valence-corrected chi connectivity index (χ1v) is 11.6. The molecule has 4 rings (SSSR count). The molecule has 0 saturated heterocycles. The number of urea groups is 1. The third-order valence-corrected chi connectivity index (χ3v) is 6.03. The number of anilines is 2. The number of hydrogen-bond acceptors (Lipinski definition) is 3. The number of nitrogens with one attached hydrogen (secondary N) is 2. The number of para-hydroxylation sites is 1. The Hall–Kier alpha value is -4.54. The summed E-state index contributed by atoms with van der Waals surface area (Å²) in [7, 11) is 0. The highest BCUT2D eigenvalue weighted by Gasteiger charge is 2.41. The van der Waals surface area contributed by atoms with Crippen LogP contribution in [0, 0.1) is 0 Å². The van der Waals surface area contributed by atoms with E-state index < -0.39 is 40.7 Å². The van der Waals surface area contributed by atoms with E-state index in [0.717, 1.165) is 24.3 Å². The molecule has 3 aromatic carbocycles. The van der Waals surface area contributed by atoms with Gasteiger partial charge in [-0.25, -0.2) is 4.79 Å². The van der Waals surface area contributed by atoms with Crippen molar-refractivity contribution in [1.82, 2.24) is 10.3 Å². The number of nitrogens with zero attached hydrogens (tertiary/aromatic N) is 1. The quantitative estimate of drug-likeness (QED) is 0.229. The number of carbonyl (C=O) groups is 1. The number of alkyl halides is 6. The van der Waals surface area contributed by atoms with Gasteiger partial charge in [0.05, 0.1) is 34.4 Å². The van der Waals surface area contributed by atoms with Crippen LogP contribution in [-0.4, -0.2) is 11.0 Å². The van der Waals surface area contributed by atoms with E-state index in [1.54, 1.807) is 30.3 Å². The molecular formula is C28H22F6N4O. The van der Waals surface area contributed by atoms with Crippen LogP contribution >= 0.6 is 0 Å². The zero-order chi connectivity index (χ0) is 28.3. The van der Waals surface area contributed by atoms with E-state index in [0.29, 0.717) is 5.56 Å². The lowest BCUT2D eigenvalue weighted by molar-refractivity contribution is -0.138. The van der Waals surface area contributed by atoms with Crippen LogP contribution in [0.1, 0.15) is 27.9 Å². The number of rotatable bonds is 6. The molecule has 202 valence electrons. The Kier molecular flexibility index (Phi) is 7.53. The van der Waals surface area contributed by atoms with Crippen molar-refractivity contribution in [2.75, 3.05) is 11.1 Å². The largest absolute Gasteiger partial charge is 0.418 e. The number of hydrogen-bond donors (Lipinski definition) is 3. The molecule has 0 spiro atoms. The van der Waals surface area contributed by atoms with Crippen LogP contribution < -0.4 is 16.4 Å². The Morgan fingerprint density at radius 2 is 1.44 bits per heavy atom. The molecule has 0 bridgehead atoms. The first kappa shape index (κ1) is 27.5. The number of halogens is 6. The van der Waals surface area contributed by atoms with Crippen molar-refractivity contribution in [2.24, 2.45) is 0 Å². The minimum absolute atomic E-state index is 0.0118. The van der Waals surface area contributed by atoms with E-state index in [-0.39, 0.29) is 23.4 Å². The van der Waals surface area contributed by atoms with Gasteiger partial charge in [-0.05, 0) is 47.5 Å². The highest BCUT2D eigenvalue weighted by Crippen LogP contribution is 2.38. The van der Waals surface area contributed by atoms with Gasteiger partial charge < -0.3 is 16.4 Å². The molecule has 1 unspecified atom stereocenters. The first-order valence-electron chi connectivity index (χ1n) is 11.6. The fourth-order valence-corrected chi connectivity index (χ4v) is 4.23. The number of amides is 2. The van der Waals surface area contributed by atoms with Crippen molar-refractivity contribution in [1.29, 1.82) is 0 Å². The highest BCUT2D eigenvalue weighted by atomic mass is 19.4. The van der Waals surface area contributed by atoms with Crippen LogP contribution in [0.3, 0.4) is 0 Å². The van der Waals surface area contributed by atoms with Gasteiger partial charge >= 0.3 is 18.4 Å². The number of pyridine rings is 1. The Labute approximate surface area is 219 Å². The average Bonchev–Trinajstić information content (AvgIpc) is 2.88. The molecule has 1 aromatic heterocycles. The average molecular weight is 544 g/mol. The summed E-state index contributed by atoms with van der Waals surface area (Å²) >= 11 is 0. The van der Waals surface area contributed by atoms with E-state index in [2.05, 4.69) is 15.6 Å². The fourth-order valence-electron chi connectivity index (χ4n) is 4.23. The van der Waals surface area contributed by atoms with E-state index in [1.165, 1.54) is 42.6 Å². The summed E-state index contributed by atoms with van der Waals surface area (Å²) in [5.41, 5.74) is 2.48. The highest BCUT2D eigenvalue weighted by molar-refractivity contribution is 5.91. The van der Waals surface area contributed by atoms with E-state index in [1.807, 2.05) is 0 Å². The summed E-state index contributed by atoms with van der Waals surface area (Å²) in [5.74, 6) is 0. The third-order valence-electron chi connectivity index (χ3n) is 6.03. The van der Waals surface area contributed by atoms with Crippen molar-refractivity contribution in [3.05, 3.63) is 125 Å². The number of nitrogen functional groups attached to an aromatic ring is 1. The van der Waals surface area contributed by atoms with E-state index in [9.17, 15) is 31.1 Å². The summed E-state index contributed by atoms with van der Waals surface area (Å²) in [6.07, 6.45) is -8.26. The van der Waals surface area contributed by atoms with Crippen molar-refractivity contribution in [2.45, 2.75) is 24.3 Å². The maximum Gasteiger partial charge on any atom is 0.418 e. The molecule has 0 radical (unpaired) electrons. The zero-order valence-electron chi connectivity index (χ0n) is 20.1. The Morgan fingerprint density at radius 1 is 0.769 bits per heavy atom. The molecule has 0 aliphatic carbocycles. The van der Waals surface area contributed by atoms with Crippen molar-refractivity contribution in [3.8, 4) is 0 Å².